The molecule has 2 rings (SSSR count). The van der Waals surface area contributed by atoms with E-state index in [4.69, 9.17) is 15.0 Å². The first-order chi connectivity index (χ1) is 10.9. The van der Waals surface area contributed by atoms with Crippen LogP contribution in [0.5, 0.6) is 11.5 Å². The third kappa shape index (κ3) is 4.30. The monoisotopic (exact) mass is 337 g/mol. The molecular weight excluding hydrogens is 324 g/mol. The fourth-order valence-corrected chi connectivity index (χ4v) is 2.07. The van der Waals surface area contributed by atoms with E-state index in [2.05, 4.69) is 0 Å². The van der Waals surface area contributed by atoms with E-state index < -0.39 is 23.4 Å². The molecule has 0 heterocycles. The third-order valence-electron chi connectivity index (χ3n) is 2.92. The highest BCUT2D eigenvalue weighted by molar-refractivity contribution is 7.97. The average Bonchev–Trinajstić information content (AvgIpc) is 2.51. The molecule has 7 heteroatoms. The lowest BCUT2D eigenvalue weighted by molar-refractivity contribution is -0.132. The molecule has 0 atom stereocenters. The van der Waals surface area contributed by atoms with Crippen molar-refractivity contribution in [2.24, 2.45) is 5.14 Å². The molecule has 120 valence electrons. The van der Waals surface area contributed by atoms with E-state index >= 15 is 0 Å². The number of hydrogen-bond acceptors (Lipinski definition) is 4. The van der Waals surface area contributed by atoms with Crippen molar-refractivity contribution in [2.75, 3.05) is 0 Å². The highest BCUT2D eigenvalue weighted by Gasteiger charge is 2.14. The molecule has 0 saturated heterocycles. The summed E-state index contributed by atoms with van der Waals surface area (Å²) in [5, 5.41) is 14.2. The van der Waals surface area contributed by atoms with E-state index in [9.17, 15) is 13.6 Å². The normalized spacial score (nSPS) is 11.4. The summed E-state index contributed by atoms with van der Waals surface area (Å²) in [7, 11) is 0. The van der Waals surface area contributed by atoms with Crippen LogP contribution in [0.25, 0.3) is 6.08 Å². The summed E-state index contributed by atoms with van der Waals surface area (Å²) in [6, 6.07) is 8.41. The van der Waals surface area contributed by atoms with Gasteiger partial charge in [-0.3, -0.25) is 5.14 Å². The first kappa shape index (κ1) is 17.0. The lowest BCUT2D eigenvalue weighted by Crippen LogP contribution is -1.97. The topological polar surface area (TPSA) is 72.5 Å². The highest BCUT2D eigenvalue weighted by Crippen LogP contribution is 2.30. The lowest BCUT2D eigenvalue weighted by Gasteiger charge is -2.09. The minimum Gasteiger partial charge on any atom is -0.478 e. The standard InChI is InChI=1S/C16H13F2NO3S/c1-9(16(20)21)6-10-7-13(17)15(14(18)8-10)22-11-2-4-12(23-19)5-3-11/h2-8H,19H2,1H3,(H,20,21)/b9-6+. The van der Waals surface area contributed by atoms with Gasteiger partial charge in [-0.05, 0) is 66.9 Å². The highest BCUT2D eigenvalue weighted by atomic mass is 32.2. The molecule has 2 aromatic carbocycles. The van der Waals surface area contributed by atoms with Crippen LogP contribution in [0.15, 0.2) is 46.9 Å². The van der Waals surface area contributed by atoms with Crippen LogP contribution in [0.1, 0.15) is 12.5 Å². The van der Waals surface area contributed by atoms with Gasteiger partial charge in [0, 0.05) is 10.5 Å². The van der Waals surface area contributed by atoms with Gasteiger partial charge in [-0.1, -0.05) is 0 Å². The van der Waals surface area contributed by atoms with Crippen molar-refractivity contribution in [3.63, 3.8) is 0 Å². The van der Waals surface area contributed by atoms with E-state index in [-0.39, 0.29) is 16.9 Å². The van der Waals surface area contributed by atoms with Crippen LogP contribution in [-0.4, -0.2) is 11.1 Å². The molecule has 0 bridgehead atoms. The second-order valence-electron chi connectivity index (χ2n) is 4.64. The van der Waals surface area contributed by atoms with Crippen LogP contribution in [0.3, 0.4) is 0 Å². The molecule has 0 aliphatic heterocycles. The summed E-state index contributed by atoms with van der Waals surface area (Å²) in [5.41, 5.74) is 0.0643. The second kappa shape index (κ2) is 7.26. The van der Waals surface area contributed by atoms with Crippen molar-refractivity contribution in [1.29, 1.82) is 0 Å². The van der Waals surface area contributed by atoms with Gasteiger partial charge in [0.1, 0.15) is 5.75 Å². The Labute approximate surface area is 135 Å². The van der Waals surface area contributed by atoms with Crippen molar-refractivity contribution in [3.8, 4) is 11.5 Å². The zero-order valence-corrected chi connectivity index (χ0v) is 12.9. The number of hydrogen-bond donors (Lipinski definition) is 2. The first-order valence-electron chi connectivity index (χ1n) is 6.46. The Morgan fingerprint density at radius 2 is 1.78 bits per heavy atom. The number of ether oxygens (including phenoxy) is 1. The van der Waals surface area contributed by atoms with Gasteiger partial charge < -0.3 is 9.84 Å². The van der Waals surface area contributed by atoms with Gasteiger partial charge in [-0.25, -0.2) is 13.6 Å². The minimum absolute atomic E-state index is 0.0349. The SMILES string of the molecule is C/C(=C\c1cc(F)c(Oc2ccc(SN)cc2)c(F)c1)C(=O)O. The largest absolute Gasteiger partial charge is 0.478 e. The number of benzene rings is 2. The molecule has 3 N–H and O–H groups in total. The molecule has 0 aromatic heterocycles. The van der Waals surface area contributed by atoms with Crippen molar-refractivity contribution in [1.82, 2.24) is 0 Å². The third-order valence-corrected chi connectivity index (χ3v) is 3.47. The number of rotatable bonds is 5. The molecule has 0 unspecified atom stereocenters. The Hall–Kier alpha value is -2.38. The summed E-state index contributed by atoms with van der Waals surface area (Å²) in [6.45, 7) is 1.33. The van der Waals surface area contributed by atoms with Gasteiger partial charge in [0.25, 0.3) is 0 Å². The number of halogens is 2. The van der Waals surface area contributed by atoms with Crippen LogP contribution >= 0.6 is 11.9 Å². The summed E-state index contributed by atoms with van der Waals surface area (Å²) >= 11 is 1.04. The molecule has 0 fully saturated rings. The fraction of sp³-hybridized carbons (Fsp3) is 0.0625. The van der Waals surface area contributed by atoms with E-state index in [1.54, 1.807) is 12.1 Å². The predicted octanol–water partition coefficient (Wildman–Crippen LogP) is 4.21. The van der Waals surface area contributed by atoms with Crippen LogP contribution < -0.4 is 9.88 Å². The lowest BCUT2D eigenvalue weighted by atomic mass is 10.1. The zero-order chi connectivity index (χ0) is 17.0. The Morgan fingerprint density at radius 1 is 1.22 bits per heavy atom. The van der Waals surface area contributed by atoms with Crippen LogP contribution in [0.4, 0.5) is 8.78 Å². The molecular formula is C16H13F2NO3S. The van der Waals surface area contributed by atoms with Crippen molar-refractivity contribution in [3.05, 3.63) is 59.2 Å². The number of aliphatic carboxylic acids is 1. The smallest absolute Gasteiger partial charge is 0.331 e. The van der Waals surface area contributed by atoms with Gasteiger partial charge in [0.05, 0.1) is 0 Å². The Balaban J connectivity index is 2.29. The predicted molar refractivity (Wildman–Crippen MR) is 84.2 cm³/mol. The zero-order valence-electron chi connectivity index (χ0n) is 12.0. The van der Waals surface area contributed by atoms with Crippen molar-refractivity contribution in [2.45, 2.75) is 11.8 Å². The Kier molecular flexibility index (Phi) is 5.36. The number of carboxylic acids is 1. The molecule has 0 aliphatic carbocycles. The van der Waals surface area contributed by atoms with Crippen LogP contribution in [0, 0.1) is 11.6 Å². The Morgan fingerprint density at radius 3 is 2.26 bits per heavy atom. The summed E-state index contributed by atoms with van der Waals surface area (Å²) in [5.74, 6) is -3.31. The van der Waals surface area contributed by atoms with E-state index in [1.807, 2.05) is 0 Å². The van der Waals surface area contributed by atoms with Gasteiger partial charge in [0.2, 0.25) is 0 Å². The maximum Gasteiger partial charge on any atom is 0.331 e. The van der Waals surface area contributed by atoms with Crippen LogP contribution in [0.2, 0.25) is 0 Å². The van der Waals surface area contributed by atoms with Gasteiger partial charge in [-0.2, -0.15) is 0 Å². The maximum absolute atomic E-state index is 14.0. The Bertz CT molecular complexity index is 737. The summed E-state index contributed by atoms with van der Waals surface area (Å²) < 4.78 is 33.3. The van der Waals surface area contributed by atoms with E-state index in [0.717, 1.165) is 29.0 Å². The molecule has 2 aromatic rings. The summed E-state index contributed by atoms with van der Waals surface area (Å²) in [6.07, 6.45) is 1.17. The van der Waals surface area contributed by atoms with Gasteiger partial charge in [-0.15, -0.1) is 0 Å². The van der Waals surface area contributed by atoms with Crippen molar-refractivity contribution >= 4 is 24.0 Å². The van der Waals surface area contributed by atoms with Gasteiger partial charge >= 0.3 is 5.97 Å². The molecule has 0 saturated carbocycles. The van der Waals surface area contributed by atoms with Crippen LogP contribution in [-0.2, 0) is 4.79 Å². The molecule has 0 radical (unpaired) electrons. The molecule has 4 nitrogen and oxygen atoms in total. The van der Waals surface area contributed by atoms with E-state index in [1.165, 1.54) is 25.1 Å². The number of carboxylic acid groups (broad SMARTS) is 1. The number of carbonyl (C=O) groups is 1. The number of nitrogens with two attached hydrogens (primary N) is 1. The summed E-state index contributed by atoms with van der Waals surface area (Å²) in [4.78, 5) is 11.5. The fourth-order valence-electron chi connectivity index (χ4n) is 1.78. The maximum atomic E-state index is 14.0. The molecule has 0 amide bonds. The van der Waals surface area contributed by atoms with E-state index in [0.29, 0.717) is 0 Å². The van der Waals surface area contributed by atoms with Crippen molar-refractivity contribution < 1.29 is 23.4 Å². The second-order valence-corrected chi connectivity index (χ2v) is 5.34. The molecule has 0 spiro atoms. The molecule has 23 heavy (non-hydrogen) atoms. The first-order valence-corrected chi connectivity index (χ1v) is 7.34. The average molecular weight is 337 g/mol. The van der Waals surface area contributed by atoms with Gasteiger partial charge in [0.15, 0.2) is 17.4 Å². The molecule has 0 aliphatic rings. The minimum atomic E-state index is -1.16. The quantitative estimate of drug-likeness (QED) is 0.631.